The Labute approximate surface area is 112 Å². The van der Waals surface area contributed by atoms with E-state index in [1.807, 2.05) is 19.1 Å². The minimum absolute atomic E-state index is 0.519. The molecule has 0 spiro atoms. The van der Waals surface area contributed by atoms with E-state index in [2.05, 4.69) is 26.2 Å². The summed E-state index contributed by atoms with van der Waals surface area (Å²) < 4.78 is 2.04. The van der Waals surface area contributed by atoms with Gasteiger partial charge in [-0.15, -0.1) is 5.10 Å². The first-order valence-electron chi connectivity index (χ1n) is 5.00. The Kier molecular flexibility index (Phi) is 3.51. The van der Waals surface area contributed by atoms with Crippen LogP contribution in [0.3, 0.4) is 0 Å². The summed E-state index contributed by atoms with van der Waals surface area (Å²) >= 11 is 9.44. The summed E-state index contributed by atoms with van der Waals surface area (Å²) in [5.41, 5.74) is 2.16. The summed E-state index contributed by atoms with van der Waals surface area (Å²) in [5, 5.41) is 18.6. The maximum atomic E-state index is 10.3. The van der Waals surface area contributed by atoms with Gasteiger partial charge in [-0.05, 0) is 28.4 Å². The lowest BCUT2D eigenvalue weighted by atomic mass is 10.0. The van der Waals surface area contributed by atoms with E-state index in [1.165, 1.54) is 4.68 Å². The van der Waals surface area contributed by atoms with Gasteiger partial charge in [-0.2, -0.15) is 0 Å². The third-order valence-electron chi connectivity index (χ3n) is 2.60. The number of aryl methyl sites for hydroxylation is 2. The third-order valence-corrected chi connectivity index (χ3v) is 3.68. The van der Waals surface area contributed by atoms with E-state index in [0.717, 1.165) is 5.56 Å². The van der Waals surface area contributed by atoms with Crippen molar-refractivity contribution < 1.29 is 5.11 Å². The molecule has 1 aromatic heterocycles. The van der Waals surface area contributed by atoms with Gasteiger partial charge >= 0.3 is 0 Å². The fourth-order valence-corrected chi connectivity index (χ4v) is 2.43. The molecule has 1 N–H and O–H groups in total. The molecular weight excluding hydrogens is 305 g/mol. The summed E-state index contributed by atoms with van der Waals surface area (Å²) in [7, 11) is 1.72. The van der Waals surface area contributed by atoms with Gasteiger partial charge in [0.25, 0.3) is 0 Å². The van der Waals surface area contributed by atoms with E-state index in [0.29, 0.717) is 20.9 Å². The monoisotopic (exact) mass is 315 g/mol. The second-order valence-corrected chi connectivity index (χ2v) is 4.90. The van der Waals surface area contributed by atoms with Gasteiger partial charge in [-0.3, -0.25) is 0 Å². The first kappa shape index (κ1) is 12.5. The highest BCUT2D eigenvalue weighted by Crippen LogP contribution is 2.32. The van der Waals surface area contributed by atoms with Crippen LogP contribution in [0.25, 0.3) is 0 Å². The Morgan fingerprint density at radius 2 is 2.18 bits per heavy atom. The van der Waals surface area contributed by atoms with E-state index in [9.17, 15) is 5.11 Å². The van der Waals surface area contributed by atoms with E-state index in [4.69, 9.17) is 11.6 Å². The molecule has 1 aromatic carbocycles. The summed E-state index contributed by atoms with van der Waals surface area (Å²) in [4.78, 5) is 0. The van der Waals surface area contributed by atoms with Crippen LogP contribution in [-0.2, 0) is 7.05 Å². The van der Waals surface area contributed by atoms with Crippen LogP contribution in [0.2, 0.25) is 5.02 Å². The van der Waals surface area contributed by atoms with Gasteiger partial charge in [-0.25, -0.2) is 4.68 Å². The SMILES string of the molecule is Cc1cccc(C(O)c2c(Br)nnn2C)c1Cl. The predicted molar refractivity (Wildman–Crippen MR) is 69.0 cm³/mol. The van der Waals surface area contributed by atoms with Gasteiger partial charge in [0.15, 0.2) is 4.60 Å². The van der Waals surface area contributed by atoms with E-state index >= 15 is 0 Å². The molecule has 0 aliphatic carbocycles. The largest absolute Gasteiger partial charge is 0.382 e. The van der Waals surface area contributed by atoms with Crippen LogP contribution >= 0.6 is 27.5 Å². The molecule has 17 heavy (non-hydrogen) atoms. The number of halogens is 2. The van der Waals surface area contributed by atoms with E-state index in [1.54, 1.807) is 13.1 Å². The van der Waals surface area contributed by atoms with Gasteiger partial charge in [0, 0.05) is 17.6 Å². The fraction of sp³-hybridized carbons (Fsp3) is 0.273. The maximum Gasteiger partial charge on any atom is 0.154 e. The van der Waals surface area contributed by atoms with Crippen LogP contribution in [0.15, 0.2) is 22.8 Å². The lowest BCUT2D eigenvalue weighted by Crippen LogP contribution is -2.08. The van der Waals surface area contributed by atoms with Gasteiger partial charge in [-0.1, -0.05) is 35.0 Å². The molecule has 0 bridgehead atoms. The normalized spacial score (nSPS) is 12.8. The highest BCUT2D eigenvalue weighted by molar-refractivity contribution is 9.10. The molecule has 0 aliphatic heterocycles. The smallest absolute Gasteiger partial charge is 0.154 e. The van der Waals surface area contributed by atoms with E-state index < -0.39 is 6.10 Å². The van der Waals surface area contributed by atoms with Crippen molar-refractivity contribution in [1.82, 2.24) is 15.0 Å². The van der Waals surface area contributed by atoms with Crippen molar-refractivity contribution in [3.05, 3.63) is 44.6 Å². The molecule has 0 saturated heterocycles. The summed E-state index contributed by atoms with van der Waals surface area (Å²) in [6, 6.07) is 5.55. The minimum atomic E-state index is -0.850. The average Bonchev–Trinajstić information content (AvgIpc) is 2.62. The number of rotatable bonds is 2. The van der Waals surface area contributed by atoms with Crippen LogP contribution in [0.4, 0.5) is 0 Å². The topological polar surface area (TPSA) is 50.9 Å². The molecule has 2 aromatic rings. The summed E-state index contributed by atoms with van der Waals surface area (Å²) in [6.07, 6.45) is -0.850. The van der Waals surface area contributed by atoms with Gasteiger partial charge < -0.3 is 5.11 Å². The van der Waals surface area contributed by atoms with E-state index in [-0.39, 0.29) is 0 Å². The van der Waals surface area contributed by atoms with Crippen molar-refractivity contribution in [3.63, 3.8) is 0 Å². The zero-order valence-electron chi connectivity index (χ0n) is 9.35. The molecule has 0 fully saturated rings. The molecule has 1 atom stereocenters. The first-order valence-corrected chi connectivity index (χ1v) is 6.17. The minimum Gasteiger partial charge on any atom is -0.382 e. The Morgan fingerprint density at radius 3 is 2.76 bits per heavy atom. The molecule has 0 saturated carbocycles. The fourth-order valence-electron chi connectivity index (χ4n) is 1.66. The molecular formula is C11H11BrClN3O. The second kappa shape index (κ2) is 4.76. The standard InChI is InChI=1S/C11H11BrClN3O/c1-6-4-3-5-7(8(6)13)10(17)9-11(12)14-15-16(9)2/h3-5,10,17H,1-2H3. The van der Waals surface area contributed by atoms with Crippen LogP contribution in [0.5, 0.6) is 0 Å². The molecule has 1 heterocycles. The zero-order valence-corrected chi connectivity index (χ0v) is 11.7. The van der Waals surface area contributed by atoms with Crippen LogP contribution < -0.4 is 0 Å². The number of hydrogen-bond donors (Lipinski definition) is 1. The van der Waals surface area contributed by atoms with Gasteiger partial charge in [0.1, 0.15) is 11.8 Å². The van der Waals surface area contributed by atoms with Crippen molar-refractivity contribution in [2.45, 2.75) is 13.0 Å². The summed E-state index contributed by atoms with van der Waals surface area (Å²) in [6.45, 7) is 1.90. The predicted octanol–water partition coefficient (Wildman–Crippen LogP) is 2.62. The molecule has 2 rings (SSSR count). The molecule has 1 unspecified atom stereocenters. The lowest BCUT2D eigenvalue weighted by Gasteiger charge is -2.14. The Morgan fingerprint density at radius 1 is 1.47 bits per heavy atom. The second-order valence-electron chi connectivity index (χ2n) is 3.77. The Bertz CT molecular complexity index is 536. The Hall–Kier alpha value is -0.910. The maximum absolute atomic E-state index is 10.3. The van der Waals surface area contributed by atoms with Gasteiger partial charge in [0.05, 0.1) is 0 Å². The number of benzene rings is 1. The lowest BCUT2D eigenvalue weighted by molar-refractivity contribution is 0.209. The zero-order chi connectivity index (χ0) is 12.6. The molecule has 4 nitrogen and oxygen atoms in total. The molecule has 90 valence electrons. The molecule has 0 aliphatic rings. The highest BCUT2D eigenvalue weighted by Gasteiger charge is 2.21. The summed E-state index contributed by atoms with van der Waals surface area (Å²) in [5.74, 6) is 0. The number of hydrogen-bond acceptors (Lipinski definition) is 3. The van der Waals surface area contributed by atoms with Crippen LogP contribution in [0, 0.1) is 6.92 Å². The average molecular weight is 317 g/mol. The molecule has 6 heteroatoms. The van der Waals surface area contributed by atoms with Crippen molar-refractivity contribution in [2.75, 3.05) is 0 Å². The number of nitrogens with zero attached hydrogens (tertiary/aromatic N) is 3. The molecule has 0 amide bonds. The van der Waals surface area contributed by atoms with Crippen molar-refractivity contribution in [1.29, 1.82) is 0 Å². The number of aliphatic hydroxyl groups is 1. The Balaban J connectivity index is 2.51. The van der Waals surface area contributed by atoms with Crippen molar-refractivity contribution in [2.24, 2.45) is 7.05 Å². The van der Waals surface area contributed by atoms with Crippen LogP contribution in [-0.4, -0.2) is 20.1 Å². The number of aromatic nitrogens is 3. The third kappa shape index (κ3) is 2.22. The van der Waals surface area contributed by atoms with Crippen molar-refractivity contribution in [3.8, 4) is 0 Å². The highest BCUT2D eigenvalue weighted by atomic mass is 79.9. The molecule has 0 radical (unpaired) electrons. The van der Waals surface area contributed by atoms with Crippen molar-refractivity contribution >= 4 is 27.5 Å². The van der Waals surface area contributed by atoms with Crippen LogP contribution in [0.1, 0.15) is 22.9 Å². The quantitative estimate of drug-likeness (QED) is 0.926. The first-order chi connectivity index (χ1) is 8.02. The van der Waals surface area contributed by atoms with Gasteiger partial charge in [0.2, 0.25) is 0 Å². The number of aliphatic hydroxyl groups excluding tert-OH is 1.